The van der Waals surface area contributed by atoms with Crippen molar-refractivity contribution >= 4 is 10.9 Å². The van der Waals surface area contributed by atoms with Crippen molar-refractivity contribution < 1.29 is 0 Å². The van der Waals surface area contributed by atoms with E-state index in [1.807, 2.05) is 6.20 Å². The van der Waals surface area contributed by atoms with Gasteiger partial charge in [0, 0.05) is 24.5 Å². The van der Waals surface area contributed by atoms with Gasteiger partial charge in [0.05, 0.1) is 11.7 Å². The van der Waals surface area contributed by atoms with Crippen LogP contribution in [0.3, 0.4) is 0 Å². The maximum absolute atomic E-state index is 4.07. The number of piperidine rings is 3. The second-order valence-corrected chi connectivity index (χ2v) is 5.92. The highest BCUT2D eigenvalue weighted by atomic mass is 15.2. The summed E-state index contributed by atoms with van der Waals surface area (Å²) in [5.41, 5.74) is 2.47. The molecule has 4 heterocycles. The first-order valence-corrected chi connectivity index (χ1v) is 7.26. The zero-order valence-electron chi connectivity index (χ0n) is 11.1. The molecule has 0 radical (unpaired) electrons. The number of aromatic amines is 1. The maximum Gasteiger partial charge on any atom is 0.0650 e. The van der Waals surface area contributed by atoms with Gasteiger partial charge in [-0.05, 0) is 49.5 Å². The molecule has 0 spiro atoms. The van der Waals surface area contributed by atoms with Crippen LogP contribution in [0.25, 0.3) is 10.9 Å². The predicted molar refractivity (Wildman–Crippen MR) is 75.9 cm³/mol. The Morgan fingerprint density at radius 3 is 3.00 bits per heavy atom. The molecule has 1 unspecified atom stereocenters. The zero-order chi connectivity index (χ0) is 12.7. The van der Waals surface area contributed by atoms with E-state index in [1.54, 1.807) is 0 Å². The third-order valence-corrected chi connectivity index (χ3v) is 4.73. The summed E-state index contributed by atoms with van der Waals surface area (Å²) in [5.74, 6) is 0.891. The van der Waals surface area contributed by atoms with Crippen molar-refractivity contribution in [1.29, 1.82) is 0 Å². The van der Waals surface area contributed by atoms with E-state index in [2.05, 4.69) is 38.6 Å². The molecule has 1 aromatic carbocycles. The quantitative estimate of drug-likeness (QED) is 0.879. The Morgan fingerprint density at radius 2 is 2.21 bits per heavy atom. The molecular weight excluding hydrogens is 236 g/mol. The van der Waals surface area contributed by atoms with Crippen LogP contribution in [-0.2, 0) is 6.54 Å². The molecule has 2 aromatic rings. The van der Waals surface area contributed by atoms with Gasteiger partial charge >= 0.3 is 0 Å². The first-order chi connectivity index (χ1) is 9.38. The Kier molecular flexibility index (Phi) is 2.78. The molecule has 1 atom stereocenters. The van der Waals surface area contributed by atoms with Crippen LogP contribution >= 0.6 is 0 Å². The standard InChI is InChI=1S/C15H20N4/c1-2-14-13(9-17-18-14)7-11(1)8-16-15-10-19-5-3-12(15)4-6-19/h1-2,7,9,12,15-16H,3-6,8,10H2,(H,17,18). The van der Waals surface area contributed by atoms with Gasteiger partial charge in [0.25, 0.3) is 0 Å². The van der Waals surface area contributed by atoms with E-state index in [1.165, 1.54) is 43.4 Å². The molecular formula is C15H20N4. The fourth-order valence-electron chi connectivity index (χ4n) is 3.55. The number of aromatic nitrogens is 2. The Bertz CT molecular complexity index is 568. The number of nitrogens with zero attached hydrogens (tertiary/aromatic N) is 2. The minimum Gasteiger partial charge on any atom is -0.308 e. The van der Waals surface area contributed by atoms with Gasteiger partial charge in [0.15, 0.2) is 0 Å². The molecule has 4 nitrogen and oxygen atoms in total. The van der Waals surface area contributed by atoms with Crippen LogP contribution in [0.5, 0.6) is 0 Å². The summed E-state index contributed by atoms with van der Waals surface area (Å²) < 4.78 is 0. The number of fused-ring (bicyclic) bond motifs is 4. The largest absolute Gasteiger partial charge is 0.308 e. The van der Waals surface area contributed by atoms with E-state index in [-0.39, 0.29) is 0 Å². The molecule has 3 aliphatic heterocycles. The van der Waals surface area contributed by atoms with Crippen molar-refractivity contribution in [3.63, 3.8) is 0 Å². The van der Waals surface area contributed by atoms with Gasteiger partial charge in [0.1, 0.15) is 0 Å². The molecule has 0 aliphatic carbocycles. The Morgan fingerprint density at radius 1 is 1.32 bits per heavy atom. The molecule has 5 rings (SSSR count). The van der Waals surface area contributed by atoms with Gasteiger partial charge in [-0.15, -0.1) is 0 Å². The average Bonchev–Trinajstić information content (AvgIpc) is 2.94. The van der Waals surface area contributed by atoms with Crippen molar-refractivity contribution in [2.75, 3.05) is 19.6 Å². The third kappa shape index (κ3) is 2.15. The monoisotopic (exact) mass is 256 g/mol. The Hall–Kier alpha value is -1.39. The first kappa shape index (κ1) is 11.4. The Labute approximate surface area is 113 Å². The molecule has 100 valence electrons. The van der Waals surface area contributed by atoms with Crippen LogP contribution in [0.1, 0.15) is 18.4 Å². The van der Waals surface area contributed by atoms with Crippen LogP contribution in [-0.4, -0.2) is 40.8 Å². The SMILES string of the molecule is c1cc2[nH]ncc2cc1CNC1CN2CCC1CC2. The number of hydrogen-bond acceptors (Lipinski definition) is 3. The molecule has 0 amide bonds. The number of rotatable bonds is 3. The normalized spacial score (nSPS) is 30.0. The minimum atomic E-state index is 0.683. The lowest BCUT2D eigenvalue weighted by Gasteiger charge is -2.45. The summed E-state index contributed by atoms with van der Waals surface area (Å²) in [6.07, 6.45) is 4.64. The van der Waals surface area contributed by atoms with E-state index in [4.69, 9.17) is 0 Å². The van der Waals surface area contributed by atoms with Gasteiger partial charge in [0.2, 0.25) is 0 Å². The van der Waals surface area contributed by atoms with E-state index >= 15 is 0 Å². The molecule has 3 saturated heterocycles. The summed E-state index contributed by atoms with van der Waals surface area (Å²) in [7, 11) is 0. The smallest absolute Gasteiger partial charge is 0.0650 e. The summed E-state index contributed by atoms with van der Waals surface area (Å²) in [6.45, 7) is 4.82. The number of nitrogens with one attached hydrogen (secondary N) is 2. The van der Waals surface area contributed by atoms with Crippen LogP contribution in [0.4, 0.5) is 0 Å². The lowest BCUT2D eigenvalue weighted by atomic mass is 9.84. The van der Waals surface area contributed by atoms with E-state index in [0.29, 0.717) is 6.04 Å². The average molecular weight is 256 g/mol. The molecule has 2 N–H and O–H groups in total. The lowest BCUT2D eigenvalue weighted by molar-refractivity contribution is 0.0720. The topological polar surface area (TPSA) is 44.0 Å². The summed E-state index contributed by atoms with van der Waals surface area (Å²) in [5, 5.41) is 12.0. The maximum atomic E-state index is 4.07. The van der Waals surface area contributed by atoms with Crippen molar-refractivity contribution in [1.82, 2.24) is 20.4 Å². The van der Waals surface area contributed by atoms with Crippen molar-refractivity contribution in [3.8, 4) is 0 Å². The summed E-state index contributed by atoms with van der Waals surface area (Å²) in [4.78, 5) is 2.59. The van der Waals surface area contributed by atoms with Crippen LogP contribution in [0.2, 0.25) is 0 Å². The molecule has 0 saturated carbocycles. The zero-order valence-corrected chi connectivity index (χ0v) is 11.1. The van der Waals surface area contributed by atoms with Crippen LogP contribution < -0.4 is 5.32 Å². The van der Waals surface area contributed by atoms with Crippen LogP contribution in [0.15, 0.2) is 24.4 Å². The number of H-pyrrole nitrogens is 1. The molecule has 2 bridgehead atoms. The van der Waals surface area contributed by atoms with Crippen LogP contribution in [0, 0.1) is 5.92 Å². The second kappa shape index (κ2) is 4.62. The third-order valence-electron chi connectivity index (χ3n) is 4.73. The van der Waals surface area contributed by atoms with Crippen molar-refractivity contribution in [3.05, 3.63) is 30.0 Å². The van der Waals surface area contributed by atoms with E-state index in [0.717, 1.165) is 18.0 Å². The number of benzene rings is 1. The first-order valence-electron chi connectivity index (χ1n) is 7.26. The molecule has 4 heteroatoms. The lowest BCUT2D eigenvalue weighted by Crippen LogP contribution is -2.55. The molecule has 1 aromatic heterocycles. The van der Waals surface area contributed by atoms with E-state index in [9.17, 15) is 0 Å². The molecule has 19 heavy (non-hydrogen) atoms. The van der Waals surface area contributed by atoms with Gasteiger partial charge in [-0.1, -0.05) is 6.07 Å². The van der Waals surface area contributed by atoms with Gasteiger partial charge in [-0.25, -0.2) is 0 Å². The van der Waals surface area contributed by atoms with Gasteiger partial charge < -0.3 is 10.2 Å². The number of hydrogen-bond donors (Lipinski definition) is 2. The second-order valence-electron chi connectivity index (χ2n) is 5.92. The fraction of sp³-hybridized carbons (Fsp3) is 0.533. The van der Waals surface area contributed by atoms with Gasteiger partial charge in [-0.3, -0.25) is 5.10 Å². The Balaban J connectivity index is 1.44. The highest BCUT2D eigenvalue weighted by Crippen LogP contribution is 2.27. The highest BCUT2D eigenvalue weighted by molar-refractivity contribution is 5.78. The van der Waals surface area contributed by atoms with Gasteiger partial charge in [-0.2, -0.15) is 5.10 Å². The molecule has 3 aliphatic rings. The minimum absolute atomic E-state index is 0.683. The molecule has 3 fully saturated rings. The fourth-order valence-corrected chi connectivity index (χ4v) is 3.55. The highest BCUT2D eigenvalue weighted by Gasteiger charge is 2.33. The summed E-state index contributed by atoms with van der Waals surface area (Å²) in [6, 6.07) is 7.22. The predicted octanol–water partition coefficient (Wildman–Crippen LogP) is 1.75. The van der Waals surface area contributed by atoms with E-state index < -0.39 is 0 Å². The van der Waals surface area contributed by atoms with Crippen molar-refractivity contribution in [2.45, 2.75) is 25.4 Å². The van der Waals surface area contributed by atoms with Crippen molar-refractivity contribution in [2.24, 2.45) is 5.92 Å². The summed E-state index contributed by atoms with van der Waals surface area (Å²) >= 11 is 0.